The van der Waals surface area contributed by atoms with E-state index in [0.717, 1.165) is 26.9 Å². The lowest BCUT2D eigenvalue weighted by Crippen LogP contribution is -2.26. The highest BCUT2D eigenvalue weighted by atomic mass is 32.2. The minimum atomic E-state index is -3.65. The third-order valence-corrected chi connectivity index (χ3v) is 7.56. The Bertz CT molecular complexity index is 1330. The van der Waals surface area contributed by atoms with Crippen molar-refractivity contribution in [3.8, 4) is 0 Å². The van der Waals surface area contributed by atoms with Crippen LogP contribution in [0.2, 0.25) is 0 Å². The molecule has 158 valence electrons. The van der Waals surface area contributed by atoms with Crippen molar-refractivity contribution in [1.82, 2.24) is 4.37 Å². The van der Waals surface area contributed by atoms with E-state index < -0.39 is 10.0 Å². The summed E-state index contributed by atoms with van der Waals surface area (Å²) < 4.78 is 32.1. The molecule has 3 aromatic carbocycles. The summed E-state index contributed by atoms with van der Waals surface area (Å²) in [5.41, 5.74) is 3.04. The number of fused-ring (bicyclic) bond motifs is 1. The third-order valence-electron chi connectivity index (χ3n) is 4.98. The lowest BCUT2D eigenvalue weighted by Gasteiger charge is -2.20. The highest BCUT2D eigenvalue weighted by molar-refractivity contribution is 7.92. The molecule has 0 bridgehead atoms. The van der Waals surface area contributed by atoms with E-state index in [1.807, 2.05) is 25.1 Å². The molecule has 0 aliphatic rings. The monoisotopic (exact) mass is 451 g/mol. The summed E-state index contributed by atoms with van der Waals surface area (Å²) >= 11 is 1.41. The van der Waals surface area contributed by atoms with Crippen LogP contribution in [0.5, 0.6) is 0 Å². The van der Waals surface area contributed by atoms with Gasteiger partial charge in [-0.15, -0.1) is 0 Å². The highest BCUT2D eigenvalue weighted by Gasteiger charge is 2.21. The zero-order valence-corrected chi connectivity index (χ0v) is 18.7. The Hall–Kier alpha value is -3.23. The van der Waals surface area contributed by atoms with E-state index in [-0.39, 0.29) is 17.2 Å². The molecule has 0 spiro atoms. The number of carbonyl (C=O) groups excluding carboxylic acids is 1. The molecule has 0 atom stereocenters. The van der Waals surface area contributed by atoms with Crippen molar-refractivity contribution in [1.29, 1.82) is 0 Å². The standard InChI is InChI=1S/C23H21N3O3S2/c1-16-3-10-21(11-4-16)31(28,29)26(2)20-8-5-17(6-9-20)13-23(27)25-19-7-12-22-18(14-19)15-24-30-22/h3-12,14-15H,13H2,1-2H3,(H,25,27). The summed E-state index contributed by atoms with van der Waals surface area (Å²) in [6.07, 6.45) is 1.96. The quantitative estimate of drug-likeness (QED) is 0.464. The summed E-state index contributed by atoms with van der Waals surface area (Å²) in [6, 6.07) is 19.4. The predicted molar refractivity (Wildman–Crippen MR) is 125 cm³/mol. The van der Waals surface area contributed by atoms with Gasteiger partial charge in [0.2, 0.25) is 5.91 Å². The van der Waals surface area contributed by atoms with Crippen LogP contribution >= 0.6 is 11.5 Å². The van der Waals surface area contributed by atoms with E-state index in [4.69, 9.17) is 0 Å². The minimum Gasteiger partial charge on any atom is -0.326 e. The van der Waals surface area contributed by atoms with Gasteiger partial charge in [0.25, 0.3) is 10.0 Å². The summed E-state index contributed by atoms with van der Waals surface area (Å²) in [4.78, 5) is 12.7. The molecule has 0 fully saturated rings. The van der Waals surface area contributed by atoms with E-state index in [1.54, 1.807) is 54.7 Å². The summed E-state index contributed by atoms with van der Waals surface area (Å²) in [5.74, 6) is -0.143. The average molecular weight is 452 g/mol. The van der Waals surface area contributed by atoms with Crippen LogP contribution in [-0.4, -0.2) is 25.7 Å². The maximum Gasteiger partial charge on any atom is 0.264 e. The normalized spacial score (nSPS) is 11.4. The smallest absolute Gasteiger partial charge is 0.264 e. The number of benzene rings is 3. The Labute approximate surface area is 185 Å². The van der Waals surface area contributed by atoms with Crippen LogP contribution in [0.1, 0.15) is 11.1 Å². The SMILES string of the molecule is Cc1ccc(S(=O)(=O)N(C)c2ccc(CC(=O)Nc3ccc4sncc4c3)cc2)cc1. The molecule has 0 aliphatic carbocycles. The maximum absolute atomic E-state index is 12.8. The van der Waals surface area contributed by atoms with E-state index in [1.165, 1.54) is 22.9 Å². The van der Waals surface area contributed by atoms with Crippen LogP contribution in [0.4, 0.5) is 11.4 Å². The van der Waals surface area contributed by atoms with Crippen molar-refractivity contribution < 1.29 is 13.2 Å². The molecule has 1 amide bonds. The summed E-state index contributed by atoms with van der Waals surface area (Å²) in [6.45, 7) is 1.91. The number of nitrogens with one attached hydrogen (secondary N) is 1. The van der Waals surface area contributed by atoms with E-state index in [0.29, 0.717) is 5.69 Å². The lowest BCUT2D eigenvalue weighted by molar-refractivity contribution is -0.115. The molecule has 1 heterocycles. The van der Waals surface area contributed by atoms with Gasteiger partial charge in [-0.2, -0.15) is 4.37 Å². The molecule has 0 aliphatic heterocycles. The number of aryl methyl sites for hydroxylation is 1. The first-order valence-electron chi connectivity index (χ1n) is 9.62. The summed E-state index contributed by atoms with van der Waals surface area (Å²) in [7, 11) is -2.13. The first-order chi connectivity index (χ1) is 14.8. The van der Waals surface area contributed by atoms with Crippen LogP contribution in [0, 0.1) is 6.92 Å². The summed E-state index contributed by atoms with van der Waals surface area (Å²) in [5, 5.41) is 3.88. The number of hydrogen-bond acceptors (Lipinski definition) is 5. The number of aromatic nitrogens is 1. The largest absolute Gasteiger partial charge is 0.326 e. The molecule has 8 heteroatoms. The highest BCUT2D eigenvalue weighted by Crippen LogP contribution is 2.24. The number of amides is 1. The topological polar surface area (TPSA) is 79.4 Å². The molecule has 0 saturated carbocycles. The fourth-order valence-electron chi connectivity index (χ4n) is 3.17. The Morgan fingerprint density at radius 1 is 1.03 bits per heavy atom. The first kappa shape index (κ1) is 21.0. The number of sulfonamides is 1. The molecule has 6 nitrogen and oxygen atoms in total. The number of rotatable bonds is 6. The maximum atomic E-state index is 12.8. The van der Waals surface area contributed by atoms with Crippen LogP contribution in [0.15, 0.2) is 77.8 Å². The number of hydrogen-bond donors (Lipinski definition) is 1. The van der Waals surface area contributed by atoms with Crippen LogP contribution in [0.3, 0.4) is 0 Å². The zero-order valence-electron chi connectivity index (χ0n) is 17.1. The molecular weight excluding hydrogens is 430 g/mol. The van der Waals surface area contributed by atoms with E-state index >= 15 is 0 Å². The van der Waals surface area contributed by atoms with Crippen molar-refractivity contribution in [3.63, 3.8) is 0 Å². The first-order valence-corrected chi connectivity index (χ1v) is 11.8. The van der Waals surface area contributed by atoms with Crippen molar-refractivity contribution in [2.75, 3.05) is 16.7 Å². The van der Waals surface area contributed by atoms with Gasteiger partial charge in [-0.25, -0.2) is 8.42 Å². The molecular formula is C23H21N3O3S2. The van der Waals surface area contributed by atoms with Crippen molar-refractivity contribution in [3.05, 3.63) is 84.1 Å². The van der Waals surface area contributed by atoms with Gasteiger partial charge in [0.15, 0.2) is 0 Å². The van der Waals surface area contributed by atoms with E-state index in [9.17, 15) is 13.2 Å². The van der Waals surface area contributed by atoms with Gasteiger partial charge in [-0.3, -0.25) is 9.10 Å². The van der Waals surface area contributed by atoms with Gasteiger partial charge in [0.05, 0.1) is 21.7 Å². The molecule has 0 unspecified atom stereocenters. The Morgan fingerprint density at radius 2 is 1.74 bits per heavy atom. The molecule has 0 saturated heterocycles. The molecule has 31 heavy (non-hydrogen) atoms. The molecule has 0 radical (unpaired) electrons. The predicted octanol–water partition coefficient (Wildman–Crippen LogP) is 4.61. The Morgan fingerprint density at radius 3 is 2.45 bits per heavy atom. The molecule has 4 rings (SSSR count). The second kappa shape index (κ2) is 8.49. The van der Waals surface area contributed by atoms with Gasteiger partial charge in [0, 0.05) is 24.3 Å². The second-order valence-electron chi connectivity index (χ2n) is 7.26. The van der Waals surface area contributed by atoms with Crippen molar-refractivity contribution >= 4 is 48.9 Å². The van der Waals surface area contributed by atoms with E-state index in [2.05, 4.69) is 9.69 Å². The fourth-order valence-corrected chi connectivity index (χ4v) is 4.99. The molecule has 4 aromatic rings. The number of carbonyl (C=O) groups is 1. The fraction of sp³-hybridized carbons (Fsp3) is 0.130. The van der Waals surface area contributed by atoms with Gasteiger partial charge in [-0.1, -0.05) is 29.8 Å². The minimum absolute atomic E-state index is 0.143. The van der Waals surface area contributed by atoms with Crippen molar-refractivity contribution in [2.45, 2.75) is 18.2 Å². The van der Waals surface area contributed by atoms with Gasteiger partial charge >= 0.3 is 0 Å². The molecule has 1 aromatic heterocycles. The number of anilines is 2. The van der Waals surface area contributed by atoms with Crippen LogP contribution in [0.25, 0.3) is 10.1 Å². The Kier molecular flexibility index (Phi) is 5.75. The lowest BCUT2D eigenvalue weighted by atomic mass is 10.1. The zero-order chi connectivity index (χ0) is 22.0. The van der Waals surface area contributed by atoms with Crippen LogP contribution < -0.4 is 9.62 Å². The Balaban J connectivity index is 1.43. The van der Waals surface area contributed by atoms with Gasteiger partial charge < -0.3 is 5.32 Å². The third kappa shape index (κ3) is 4.60. The van der Waals surface area contributed by atoms with Gasteiger partial charge in [0.1, 0.15) is 0 Å². The van der Waals surface area contributed by atoms with Crippen molar-refractivity contribution in [2.24, 2.45) is 0 Å². The number of nitrogens with zero attached hydrogens (tertiary/aromatic N) is 2. The second-order valence-corrected chi connectivity index (χ2v) is 10.1. The van der Waals surface area contributed by atoms with Crippen LogP contribution in [-0.2, 0) is 21.2 Å². The average Bonchev–Trinajstić information content (AvgIpc) is 3.22. The molecule has 1 N–H and O–H groups in total. The van der Waals surface area contributed by atoms with Gasteiger partial charge in [-0.05, 0) is 66.5 Å².